The van der Waals surface area contributed by atoms with E-state index < -0.39 is 0 Å². The van der Waals surface area contributed by atoms with Crippen LogP contribution in [-0.4, -0.2) is 12.5 Å². The molecule has 1 saturated carbocycles. The summed E-state index contributed by atoms with van der Waals surface area (Å²) in [4.78, 5) is 11.7. The highest BCUT2D eigenvalue weighted by Gasteiger charge is 2.26. The fraction of sp³-hybridized carbons (Fsp3) is 0.917. The molecule has 0 aromatic carbocycles. The van der Waals surface area contributed by atoms with Gasteiger partial charge in [0, 0.05) is 12.5 Å². The maximum Gasteiger partial charge on any atom is 0.223 e. The largest absolute Gasteiger partial charge is 0.356 e. The van der Waals surface area contributed by atoms with Gasteiger partial charge in [-0.1, -0.05) is 26.7 Å². The van der Waals surface area contributed by atoms with Crippen LogP contribution >= 0.6 is 0 Å². The number of hydrogen-bond donors (Lipinski definition) is 1. The molecule has 14 heavy (non-hydrogen) atoms. The first-order chi connectivity index (χ1) is 6.65. The van der Waals surface area contributed by atoms with E-state index in [0.717, 1.165) is 18.9 Å². The second kappa shape index (κ2) is 5.38. The van der Waals surface area contributed by atoms with Gasteiger partial charge in [-0.15, -0.1) is 0 Å². The SMILES string of the molecule is CCNC(=O)C(CCC1CC1)C(C)C. The maximum atomic E-state index is 11.7. The summed E-state index contributed by atoms with van der Waals surface area (Å²) in [6.07, 6.45) is 5.11. The lowest BCUT2D eigenvalue weighted by atomic mass is 9.89. The Morgan fingerprint density at radius 3 is 2.50 bits per heavy atom. The highest BCUT2D eigenvalue weighted by molar-refractivity contribution is 5.78. The number of carbonyl (C=O) groups excluding carboxylic acids is 1. The van der Waals surface area contributed by atoms with E-state index >= 15 is 0 Å². The van der Waals surface area contributed by atoms with E-state index in [0.29, 0.717) is 5.92 Å². The fourth-order valence-corrected chi connectivity index (χ4v) is 1.89. The van der Waals surface area contributed by atoms with Gasteiger partial charge < -0.3 is 5.32 Å². The van der Waals surface area contributed by atoms with Crippen LogP contribution in [0.15, 0.2) is 0 Å². The summed E-state index contributed by atoms with van der Waals surface area (Å²) < 4.78 is 0. The third kappa shape index (κ3) is 3.69. The van der Waals surface area contributed by atoms with E-state index in [4.69, 9.17) is 0 Å². The Hall–Kier alpha value is -0.530. The van der Waals surface area contributed by atoms with Gasteiger partial charge in [-0.3, -0.25) is 4.79 Å². The Morgan fingerprint density at radius 1 is 1.43 bits per heavy atom. The van der Waals surface area contributed by atoms with E-state index in [9.17, 15) is 4.79 Å². The van der Waals surface area contributed by atoms with Crippen LogP contribution in [0.2, 0.25) is 0 Å². The monoisotopic (exact) mass is 197 g/mol. The number of carbonyl (C=O) groups is 1. The van der Waals surface area contributed by atoms with Crippen molar-refractivity contribution in [2.75, 3.05) is 6.54 Å². The Balaban J connectivity index is 2.32. The van der Waals surface area contributed by atoms with Crippen molar-refractivity contribution in [3.8, 4) is 0 Å². The Bertz CT molecular complexity index is 185. The quantitative estimate of drug-likeness (QED) is 0.696. The van der Waals surface area contributed by atoms with Crippen LogP contribution in [0.5, 0.6) is 0 Å². The summed E-state index contributed by atoms with van der Waals surface area (Å²) in [6.45, 7) is 7.03. The molecule has 1 atom stereocenters. The molecule has 0 aliphatic heterocycles. The first-order valence-electron chi connectivity index (χ1n) is 5.92. The molecule has 1 rings (SSSR count). The summed E-state index contributed by atoms with van der Waals surface area (Å²) in [5.74, 6) is 1.89. The van der Waals surface area contributed by atoms with Crippen molar-refractivity contribution in [3.05, 3.63) is 0 Å². The molecule has 2 heteroatoms. The van der Waals surface area contributed by atoms with Gasteiger partial charge in [-0.25, -0.2) is 0 Å². The van der Waals surface area contributed by atoms with Crippen LogP contribution in [0.1, 0.15) is 46.5 Å². The molecule has 1 aliphatic carbocycles. The minimum atomic E-state index is 0.232. The minimum absolute atomic E-state index is 0.232. The van der Waals surface area contributed by atoms with Crippen LogP contribution in [0.3, 0.4) is 0 Å². The lowest BCUT2D eigenvalue weighted by molar-refractivity contribution is -0.126. The highest BCUT2D eigenvalue weighted by atomic mass is 16.1. The first-order valence-corrected chi connectivity index (χ1v) is 5.92. The molecule has 0 aromatic heterocycles. The second-order valence-corrected chi connectivity index (χ2v) is 4.77. The van der Waals surface area contributed by atoms with Gasteiger partial charge in [0.1, 0.15) is 0 Å². The summed E-state index contributed by atoms with van der Waals surface area (Å²) in [6, 6.07) is 0. The van der Waals surface area contributed by atoms with Crippen LogP contribution in [0.4, 0.5) is 0 Å². The molecule has 1 unspecified atom stereocenters. The molecule has 1 fully saturated rings. The zero-order valence-corrected chi connectivity index (χ0v) is 9.68. The smallest absolute Gasteiger partial charge is 0.223 e. The number of amides is 1. The summed E-state index contributed by atoms with van der Waals surface area (Å²) in [5.41, 5.74) is 0. The Kier molecular flexibility index (Phi) is 4.43. The van der Waals surface area contributed by atoms with Crippen molar-refractivity contribution in [1.82, 2.24) is 5.32 Å². The van der Waals surface area contributed by atoms with Crippen LogP contribution in [-0.2, 0) is 4.79 Å². The standard InChI is InChI=1S/C12H23NO/c1-4-13-12(14)11(9(2)3)8-7-10-5-6-10/h9-11H,4-8H2,1-3H3,(H,13,14). The number of hydrogen-bond acceptors (Lipinski definition) is 1. The van der Waals surface area contributed by atoms with Crippen molar-refractivity contribution in [3.63, 3.8) is 0 Å². The zero-order valence-electron chi connectivity index (χ0n) is 9.68. The minimum Gasteiger partial charge on any atom is -0.356 e. The normalized spacial score (nSPS) is 18.3. The van der Waals surface area contributed by atoms with Crippen LogP contribution in [0, 0.1) is 17.8 Å². The third-order valence-corrected chi connectivity index (χ3v) is 3.08. The van der Waals surface area contributed by atoms with Gasteiger partial charge in [0.2, 0.25) is 5.91 Å². The van der Waals surface area contributed by atoms with E-state index in [1.807, 2.05) is 6.92 Å². The van der Waals surface area contributed by atoms with Gasteiger partial charge in [0.25, 0.3) is 0 Å². The molecule has 82 valence electrons. The van der Waals surface area contributed by atoms with Crippen LogP contribution in [0.25, 0.3) is 0 Å². The molecule has 0 aromatic rings. The zero-order chi connectivity index (χ0) is 10.6. The molecule has 0 saturated heterocycles. The molecule has 2 nitrogen and oxygen atoms in total. The fourth-order valence-electron chi connectivity index (χ4n) is 1.89. The van der Waals surface area contributed by atoms with E-state index in [2.05, 4.69) is 19.2 Å². The highest BCUT2D eigenvalue weighted by Crippen LogP contribution is 2.35. The molecule has 0 bridgehead atoms. The van der Waals surface area contributed by atoms with Gasteiger partial charge in [0.15, 0.2) is 0 Å². The van der Waals surface area contributed by atoms with Gasteiger partial charge >= 0.3 is 0 Å². The predicted octanol–water partition coefficient (Wildman–Crippen LogP) is 2.58. The average Bonchev–Trinajstić information content (AvgIpc) is 2.88. The van der Waals surface area contributed by atoms with Crippen molar-refractivity contribution in [2.24, 2.45) is 17.8 Å². The van der Waals surface area contributed by atoms with E-state index in [1.165, 1.54) is 19.3 Å². The number of nitrogens with one attached hydrogen (secondary N) is 1. The van der Waals surface area contributed by atoms with Crippen molar-refractivity contribution < 1.29 is 4.79 Å². The van der Waals surface area contributed by atoms with Crippen molar-refractivity contribution in [2.45, 2.75) is 46.5 Å². The van der Waals surface area contributed by atoms with Gasteiger partial charge in [-0.2, -0.15) is 0 Å². The molecular formula is C12H23NO. The second-order valence-electron chi connectivity index (χ2n) is 4.77. The Morgan fingerprint density at radius 2 is 2.07 bits per heavy atom. The lowest BCUT2D eigenvalue weighted by Crippen LogP contribution is -2.33. The topological polar surface area (TPSA) is 29.1 Å². The van der Waals surface area contributed by atoms with E-state index in [1.54, 1.807) is 0 Å². The number of rotatable bonds is 6. The summed E-state index contributed by atoms with van der Waals surface area (Å²) in [5, 5.41) is 2.93. The lowest BCUT2D eigenvalue weighted by Gasteiger charge is -2.19. The third-order valence-electron chi connectivity index (χ3n) is 3.08. The Labute approximate surface area is 87.5 Å². The molecular weight excluding hydrogens is 174 g/mol. The van der Waals surface area contributed by atoms with Gasteiger partial charge in [-0.05, 0) is 31.6 Å². The predicted molar refractivity (Wildman–Crippen MR) is 59.0 cm³/mol. The van der Waals surface area contributed by atoms with Crippen LogP contribution < -0.4 is 5.32 Å². The molecule has 1 amide bonds. The molecule has 0 radical (unpaired) electrons. The van der Waals surface area contributed by atoms with Crippen molar-refractivity contribution >= 4 is 5.91 Å². The maximum absolute atomic E-state index is 11.7. The summed E-state index contributed by atoms with van der Waals surface area (Å²) in [7, 11) is 0. The molecule has 0 heterocycles. The molecule has 0 spiro atoms. The molecule has 1 aliphatic rings. The van der Waals surface area contributed by atoms with E-state index in [-0.39, 0.29) is 11.8 Å². The molecule has 1 N–H and O–H groups in total. The van der Waals surface area contributed by atoms with Crippen molar-refractivity contribution in [1.29, 1.82) is 0 Å². The van der Waals surface area contributed by atoms with Gasteiger partial charge in [0.05, 0.1) is 0 Å². The summed E-state index contributed by atoms with van der Waals surface area (Å²) >= 11 is 0. The average molecular weight is 197 g/mol. The first kappa shape index (κ1) is 11.5.